The zero-order valence-electron chi connectivity index (χ0n) is 45.4. The third-order valence-electron chi connectivity index (χ3n) is 18.4. The zero-order valence-corrected chi connectivity index (χ0v) is 46.2. The number of morpholine rings is 1. The average molecular weight is 1060 g/mol. The Bertz CT molecular complexity index is 3150. The molecule has 406 valence electrons. The lowest BCUT2D eigenvalue weighted by Crippen LogP contribution is -2.52. The Balaban J connectivity index is 0.674. The summed E-state index contributed by atoms with van der Waals surface area (Å²) in [5, 5.41) is 24.5. The van der Waals surface area contributed by atoms with Crippen molar-refractivity contribution in [2.45, 2.75) is 146 Å². The van der Waals surface area contributed by atoms with Crippen LogP contribution in [0.2, 0.25) is 0 Å². The number of aliphatic hydroxyl groups is 1. The predicted molar refractivity (Wildman–Crippen MR) is 299 cm³/mol. The molecular formula is C61H76N10O5S. The molecule has 2 N–H and O–H groups in total. The van der Waals surface area contributed by atoms with Crippen LogP contribution in [-0.2, 0) is 19.7 Å². The van der Waals surface area contributed by atoms with Gasteiger partial charge in [0, 0.05) is 51.3 Å². The summed E-state index contributed by atoms with van der Waals surface area (Å²) in [7, 11) is 0. The molecule has 0 bridgehead atoms. The summed E-state index contributed by atoms with van der Waals surface area (Å²) in [4.78, 5) is 59.8. The molecule has 2 aliphatic carbocycles. The third-order valence-corrected chi connectivity index (χ3v) is 19.4. The van der Waals surface area contributed by atoms with Gasteiger partial charge in [-0.1, -0.05) is 93.8 Å². The number of thiazole rings is 1. The number of β-amino-alcohol motifs (C(OH)–C–C–N with tert-alkyl or cyclic N) is 1. The Kier molecular flexibility index (Phi) is 14.6. The molecule has 1 spiro atoms. The normalized spacial score (nSPS) is 24.0. The molecule has 6 aliphatic rings. The van der Waals surface area contributed by atoms with Crippen LogP contribution in [0.5, 0.6) is 0 Å². The van der Waals surface area contributed by atoms with Gasteiger partial charge < -0.3 is 25.0 Å². The fraction of sp³-hybridized carbons (Fsp3) is 0.557. The van der Waals surface area contributed by atoms with Crippen molar-refractivity contribution in [3.63, 3.8) is 0 Å². The Morgan fingerprint density at radius 2 is 1.65 bits per heavy atom. The average Bonchev–Trinajstić information content (AvgIpc) is 4.45. The largest absolute Gasteiger partial charge is 0.391 e. The van der Waals surface area contributed by atoms with E-state index in [-0.39, 0.29) is 47.7 Å². The van der Waals surface area contributed by atoms with Crippen LogP contribution in [0.15, 0.2) is 83.2 Å². The SMILES string of the molecule is Cc1ncsc1-c1ccc([C@H](CN2CCOCC2)NC(=O)[C@@H]2C[C@@H](O)CN2C(=O)[C@@H](n2cc(C3CCC(CN4CCC(c5ccc6c(c5)-n5c(nc(=O)c7ccccc75)C65CCCCC5)CC4)CC3)nn2)C(C)(C)C)cc1. The van der Waals surface area contributed by atoms with E-state index in [1.807, 2.05) is 57.6 Å². The number of aromatic nitrogens is 6. The lowest BCUT2D eigenvalue weighted by atomic mass is 9.69. The topological polar surface area (TPSA) is 164 Å². The van der Waals surface area contributed by atoms with Gasteiger partial charge in [-0.15, -0.1) is 16.4 Å². The summed E-state index contributed by atoms with van der Waals surface area (Å²) < 4.78 is 9.71. The summed E-state index contributed by atoms with van der Waals surface area (Å²) in [6.45, 7) is 14.9. The first kappa shape index (κ1) is 52.1. The van der Waals surface area contributed by atoms with E-state index in [1.54, 1.807) is 20.9 Å². The van der Waals surface area contributed by atoms with Crippen molar-refractivity contribution in [3.05, 3.63) is 123 Å². The van der Waals surface area contributed by atoms with E-state index in [1.165, 1.54) is 23.2 Å². The molecule has 2 saturated carbocycles. The maximum atomic E-state index is 14.9. The number of aryl methyl sites for hydroxylation is 1. The molecule has 3 aromatic heterocycles. The van der Waals surface area contributed by atoms with Gasteiger partial charge in [-0.05, 0) is 129 Å². The minimum absolute atomic E-state index is 0.0765. The number of nitrogens with one attached hydrogen (secondary N) is 1. The molecular weight excluding hydrogens is 985 g/mol. The first-order valence-corrected chi connectivity index (χ1v) is 29.6. The molecule has 0 radical (unpaired) electrons. The Morgan fingerprint density at radius 1 is 0.896 bits per heavy atom. The number of amides is 2. The number of carbonyl (C=O) groups excluding carboxylic acids is 2. The highest BCUT2D eigenvalue weighted by Gasteiger charge is 2.48. The molecule has 7 heterocycles. The second kappa shape index (κ2) is 21.5. The van der Waals surface area contributed by atoms with E-state index in [0.29, 0.717) is 37.0 Å². The van der Waals surface area contributed by atoms with Crippen molar-refractivity contribution < 1.29 is 19.4 Å². The van der Waals surface area contributed by atoms with E-state index < -0.39 is 23.6 Å². The molecule has 6 aromatic rings. The van der Waals surface area contributed by atoms with Gasteiger partial charge in [0.05, 0.1) is 69.1 Å². The van der Waals surface area contributed by atoms with Gasteiger partial charge >= 0.3 is 0 Å². The fourth-order valence-electron chi connectivity index (χ4n) is 14.3. The standard InChI is InChI=1S/C61H76N10O5S/c1-39-54(77-38-62-39)44-18-16-42(17-19-44)49(36-68-28-30-76-31-29-68)63-57(74)53-33-46(72)35-69(53)58(75)55(60(2,3)4)70-37-50(65-66-70)43-14-12-40(13-15-43)34-67-26-22-41(23-27-67)45-20-21-48-52(32-45)71-51-11-7-6-10-47(51)56(73)64-59(71)61(48)24-8-5-9-25-61/h6-7,10-11,16-21,32,37-38,40-41,43,46,49,53,55,72H,5,8-9,12-15,22-31,33-36H2,1-4H3,(H,63,74)/t40?,43?,46-,49+,53+,55-/m1/s1. The van der Waals surface area contributed by atoms with Gasteiger partial charge in [-0.25, -0.2) is 9.67 Å². The van der Waals surface area contributed by atoms with Crippen LogP contribution in [0.4, 0.5) is 0 Å². The van der Waals surface area contributed by atoms with Crippen molar-refractivity contribution in [2.24, 2.45) is 11.3 Å². The highest BCUT2D eigenvalue weighted by atomic mass is 32.1. The summed E-state index contributed by atoms with van der Waals surface area (Å²) in [6, 6.07) is 21.7. The van der Waals surface area contributed by atoms with Gasteiger partial charge in [-0.3, -0.25) is 23.9 Å². The molecule has 3 aromatic carbocycles. The van der Waals surface area contributed by atoms with E-state index >= 15 is 0 Å². The third kappa shape index (κ3) is 10.2. The number of para-hydroxylation sites is 1. The highest BCUT2D eigenvalue weighted by Crippen LogP contribution is 2.52. The lowest BCUT2D eigenvalue weighted by molar-refractivity contribution is -0.144. The van der Waals surface area contributed by atoms with Gasteiger partial charge in [0.1, 0.15) is 17.9 Å². The van der Waals surface area contributed by atoms with Crippen LogP contribution in [0.3, 0.4) is 0 Å². The first-order valence-electron chi connectivity index (χ1n) is 28.7. The summed E-state index contributed by atoms with van der Waals surface area (Å²) in [5.41, 5.74) is 9.94. The number of carbonyl (C=O) groups is 2. The maximum Gasteiger partial charge on any atom is 0.280 e. The molecule has 12 rings (SSSR count). The number of fused-ring (bicyclic) bond motifs is 7. The molecule has 77 heavy (non-hydrogen) atoms. The quantitative estimate of drug-likeness (QED) is 0.120. The second-order valence-corrected chi connectivity index (χ2v) is 25.3. The predicted octanol–water partition coefficient (Wildman–Crippen LogP) is 8.86. The van der Waals surface area contributed by atoms with E-state index in [9.17, 15) is 19.5 Å². The van der Waals surface area contributed by atoms with Gasteiger partial charge in [0.2, 0.25) is 11.8 Å². The number of piperidine rings is 1. The number of hydrogen-bond acceptors (Lipinski definition) is 12. The van der Waals surface area contributed by atoms with Crippen LogP contribution in [0, 0.1) is 18.3 Å². The molecule has 4 atom stereocenters. The molecule has 2 amide bonds. The molecule has 15 nitrogen and oxygen atoms in total. The fourth-order valence-corrected chi connectivity index (χ4v) is 15.1. The lowest BCUT2D eigenvalue weighted by Gasteiger charge is -2.37. The van der Waals surface area contributed by atoms with E-state index in [4.69, 9.17) is 14.8 Å². The van der Waals surface area contributed by atoms with Crippen LogP contribution in [-0.4, -0.2) is 132 Å². The van der Waals surface area contributed by atoms with E-state index in [2.05, 4.69) is 78.4 Å². The van der Waals surface area contributed by atoms with Crippen LogP contribution >= 0.6 is 11.3 Å². The Hall–Kier alpha value is -5.65. The summed E-state index contributed by atoms with van der Waals surface area (Å²) in [6.07, 6.45) is 13.5. The first-order chi connectivity index (χ1) is 37.3. The molecule has 16 heteroatoms. The Labute approximate surface area is 456 Å². The maximum absolute atomic E-state index is 14.9. The minimum Gasteiger partial charge on any atom is -0.391 e. The smallest absolute Gasteiger partial charge is 0.280 e. The summed E-state index contributed by atoms with van der Waals surface area (Å²) in [5.74, 6) is 1.83. The number of benzene rings is 3. The molecule has 4 aliphatic heterocycles. The number of likely N-dealkylation sites (tertiary alicyclic amines) is 2. The van der Waals surface area contributed by atoms with Gasteiger partial charge in [-0.2, -0.15) is 4.98 Å². The van der Waals surface area contributed by atoms with Crippen LogP contribution < -0.4 is 10.9 Å². The number of nitrogens with zero attached hydrogens (tertiary/aromatic N) is 9. The molecule has 3 saturated heterocycles. The number of hydrogen-bond donors (Lipinski definition) is 2. The van der Waals surface area contributed by atoms with Crippen molar-refractivity contribution in [2.75, 3.05) is 59.0 Å². The minimum atomic E-state index is -0.836. The highest BCUT2D eigenvalue weighted by molar-refractivity contribution is 7.13. The number of rotatable bonds is 12. The monoisotopic (exact) mass is 1060 g/mol. The van der Waals surface area contributed by atoms with Crippen molar-refractivity contribution in [1.29, 1.82) is 0 Å². The van der Waals surface area contributed by atoms with Crippen LogP contribution in [0.25, 0.3) is 27.0 Å². The van der Waals surface area contributed by atoms with Crippen molar-refractivity contribution >= 4 is 34.1 Å². The Morgan fingerprint density at radius 3 is 2.38 bits per heavy atom. The van der Waals surface area contributed by atoms with Gasteiger partial charge in [0.15, 0.2) is 0 Å². The van der Waals surface area contributed by atoms with Crippen LogP contribution in [0.1, 0.15) is 156 Å². The van der Waals surface area contributed by atoms with E-state index in [0.717, 1.165) is 136 Å². The van der Waals surface area contributed by atoms with Crippen molar-refractivity contribution in [1.82, 2.24) is 49.5 Å². The molecule has 0 unspecified atom stereocenters. The number of ether oxygens (including phenoxy) is 1. The second-order valence-electron chi connectivity index (χ2n) is 24.5. The van der Waals surface area contributed by atoms with Crippen molar-refractivity contribution in [3.8, 4) is 16.1 Å². The number of aliphatic hydroxyl groups excluding tert-OH is 1. The summed E-state index contributed by atoms with van der Waals surface area (Å²) >= 11 is 1.61. The molecule has 5 fully saturated rings. The zero-order chi connectivity index (χ0) is 53.0. The van der Waals surface area contributed by atoms with Gasteiger partial charge in [0.25, 0.3) is 5.56 Å².